The fourth-order valence-electron chi connectivity index (χ4n) is 5.47. The molecule has 204 valence electrons. The third kappa shape index (κ3) is 5.51. The number of benzene rings is 2. The summed E-state index contributed by atoms with van der Waals surface area (Å²) in [7, 11) is 1.52. The highest BCUT2D eigenvalue weighted by Crippen LogP contribution is 2.46. The second-order valence-corrected chi connectivity index (χ2v) is 10.9. The first kappa shape index (κ1) is 27.5. The van der Waals surface area contributed by atoms with Gasteiger partial charge in [-0.1, -0.05) is 25.5 Å². The molecule has 38 heavy (non-hydrogen) atoms. The molecule has 2 aromatic carbocycles. The minimum atomic E-state index is -4.51. The molecule has 0 aromatic heterocycles. The van der Waals surface area contributed by atoms with Crippen LogP contribution in [0.3, 0.4) is 0 Å². The number of methoxy groups -OCH3 is 1. The van der Waals surface area contributed by atoms with E-state index in [-0.39, 0.29) is 17.5 Å². The molecule has 1 N–H and O–H groups in total. The van der Waals surface area contributed by atoms with Crippen LogP contribution < -0.4 is 4.74 Å². The number of halogens is 3. The van der Waals surface area contributed by atoms with Gasteiger partial charge in [0.2, 0.25) is 0 Å². The normalized spacial score (nSPS) is 21.5. The van der Waals surface area contributed by atoms with Crippen LogP contribution in [-0.4, -0.2) is 41.8 Å². The molecule has 1 aliphatic carbocycles. The fourth-order valence-corrected chi connectivity index (χ4v) is 5.47. The van der Waals surface area contributed by atoms with Crippen molar-refractivity contribution in [3.8, 4) is 5.75 Å². The lowest BCUT2D eigenvalue weighted by atomic mass is 9.72. The van der Waals surface area contributed by atoms with Gasteiger partial charge in [-0.3, -0.25) is 4.90 Å². The first-order valence-electron chi connectivity index (χ1n) is 12.5. The Labute approximate surface area is 220 Å². The number of carbonyl (C=O) groups excluding carboxylic acids is 1. The number of cyclic esters (lactones) is 1. The minimum Gasteiger partial charge on any atom is -0.496 e. The Morgan fingerprint density at radius 3 is 2.55 bits per heavy atom. The lowest BCUT2D eigenvalue weighted by molar-refractivity contribution is -0.137. The molecule has 2 aromatic rings. The topological polar surface area (TPSA) is 76.1 Å². The summed E-state index contributed by atoms with van der Waals surface area (Å²) in [4.78, 5) is 26.3. The Balaban J connectivity index is 1.72. The highest BCUT2D eigenvalue weighted by atomic mass is 19.4. The number of alkyl halides is 3. The zero-order valence-electron chi connectivity index (χ0n) is 22.1. The van der Waals surface area contributed by atoms with E-state index in [4.69, 9.17) is 9.47 Å². The van der Waals surface area contributed by atoms with E-state index in [1.807, 2.05) is 0 Å². The third-order valence-corrected chi connectivity index (χ3v) is 7.45. The molecule has 4 rings (SSSR count). The second kappa shape index (κ2) is 10.0. The van der Waals surface area contributed by atoms with Crippen molar-refractivity contribution in [3.05, 3.63) is 69.8 Å². The molecule has 2 aliphatic rings. The summed E-state index contributed by atoms with van der Waals surface area (Å²) >= 11 is 0. The standard InChI is InChI=1S/C29H32F3NO5/c1-16-10-19(12-21(11-16)29(30,31)32)25-17(2)33(27(36)38-25)15-20-14-28(3,4)9-8-22(20)23-13-18(26(34)35)6-7-24(23)37-5/h6-7,10-13,17,25H,8-9,14-15H2,1-5H3,(H,34,35)/t17-,25-/m0/s1. The number of allylic oxidation sites excluding steroid dienone is 1. The van der Waals surface area contributed by atoms with Gasteiger partial charge >= 0.3 is 18.2 Å². The molecule has 1 aliphatic heterocycles. The van der Waals surface area contributed by atoms with E-state index in [9.17, 15) is 27.9 Å². The van der Waals surface area contributed by atoms with E-state index in [2.05, 4.69) is 13.8 Å². The molecule has 9 heteroatoms. The fraction of sp³-hybridized carbons (Fsp3) is 0.448. The van der Waals surface area contributed by atoms with E-state index in [1.165, 1.54) is 13.2 Å². The van der Waals surface area contributed by atoms with E-state index in [0.29, 0.717) is 35.3 Å². The summed E-state index contributed by atoms with van der Waals surface area (Å²) in [6.45, 7) is 7.83. The van der Waals surface area contributed by atoms with Gasteiger partial charge in [-0.05, 0) is 85.6 Å². The van der Waals surface area contributed by atoms with Gasteiger partial charge in [0.05, 0.1) is 24.3 Å². The zero-order valence-corrected chi connectivity index (χ0v) is 22.1. The number of ether oxygens (including phenoxy) is 2. The molecule has 0 spiro atoms. The molecular weight excluding hydrogens is 499 g/mol. The summed E-state index contributed by atoms with van der Waals surface area (Å²) in [5, 5.41) is 9.55. The molecule has 1 saturated heterocycles. The number of carboxylic acids is 1. The van der Waals surface area contributed by atoms with Crippen LogP contribution in [0.2, 0.25) is 0 Å². The van der Waals surface area contributed by atoms with Crippen molar-refractivity contribution in [3.63, 3.8) is 0 Å². The summed E-state index contributed by atoms with van der Waals surface area (Å²) in [6.07, 6.45) is -3.78. The predicted octanol–water partition coefficient (Wildman–Crippen LogP) is 7.27. The maximum Gasteiger partial charge on any atom is 0.416 e. The molecule has 2 atom stereocenters. The number of aryl methyl sites for hydroxylation is 1. The Morgan fingerprint density at radius 1 is 1.21 bits per heavy atom. The highest BCUT2D eigenvalue weighted by Gasteiger charge is 2.42. The van der Waals surface area contributed by atoms with Gasteiger partial charge in [-0.25, -0.2) is 9.59 Å². The molecule has 1 heterocycles. The molecule has 0 bridgehead atoms. The van der Waals surface area contributed by atoms with Crippen molar-refractivity contribution in [2.45, 2.75) is 65.3 Å². The van der Waals surface area contributed by atoms with Crippen LogP contribution in [0.1, 0.15) is 78.7 Å². The smallest absolute Gasteiger partial charge is 0.416 e. The van der Waals surface area contributed by atoms with Gasteiger partial charge in [0.25, 0.3) is 0 Å². The average Bonchev–Trinajstić information content (AvgIpc) is 3.10. The largest absolute Gasteiger partial charge is 0.496 e. The Hall–Kier alpha value is -3.49. The number of hydrogen-bond acceptors (Lipinski definition) is 4. The average molecular weight is 532 g/mol. The van der Waals surface area contributed by atoms with Gasteiger partial charge < -0.3 is 14.6 Å². The maximum atomic E-state index is 13.4. The lowest BCUT2D eigenvalue weighted by Gasteiger charge is -2.36. The van der Waals surface area contributed by atoms with Crippen molar-refractivity contribution in [1.82, 2.24) is 4.90 Å². The molecule has 0 unspecified atom stereocenters. The molecule has 1 fully saturated rings. The summed E-state index contributed by atoms with van der Waals surface area (Å²) in [5.74, 6) is -0.514. The lowest BCUT2D eigenvalue weighted by Crippen LogP contribution is -2.35. The van der Waals surface area contributed by atoms with Crippen LogP contribution in [0.5, 0.6) is 5.75 Å². The van der Waals surface area contributed by atoms with Crippen molar-refractivity contribution in [1.29, 1.82) is 0 Å². The van der Waals surface area contributed by atoms with Crippen LogP contribution in [0, 0.1) is 12.3 Å². The van der Waals surface area contributed by atoms with E-state index < -0.39 is 35.9 Å². The quantitative estimate of drug-likeness (QED) is 0.424. The van der Waals surface area contributed by atoms with Crippen molar-refractivity contribution < 1.29 is 37.3 Å². The van der Waals surface area contributed by atoms with E-state index >= 15 is 0 Å². The van der Waals surface area contributed by atoms with Crippen LogP contribution in [0.15, 0.2) is 42.0 Å². The predicted molar refractivity (Wildman–Crippen MR) is 136 cm³/mol. The molecular formula is C29H32F3NO5. The monoisotopic (exact) mass is 531 g/mol. The van der Waals surface area contributed by atoms with Crippen LogP contribution in [0.4, 0.5) is 18.0 Å². The van der Waals surface area contributed by atoms with Gasteiger partial charge in [0.15, 0.2) is 0 Å². The van der Waals surface area contributed by atoms with E-state index in [0.717, 1.165) is 29.7 Å². The summed E-state index contributed by atoms with van der Waals surface area (Å²) in [6, 6.07) is 7.92. The maximum absolute atomic E-state index is 13.4. The third-order valence-electron chi connectivity index (χ3n) is 7.45. The van der Waals surface area contributed by atoms with Gasteiger partial charge in [0, 0.05) is 12.1 Å². The number of nitrogens with zero attached hydrogens (tertiary/aromatic N) is 1. The first-order valence-corrected chi connectivity index (χ1v) is 12.5. The Kier molecular flexibility index (Phi) is 7.25. The van der Waals surface area contributed by atoms with Gasteiger partial charge in [-0.2, -0.15) is 13.2 Å². The Bertz CT molecular complexity index is 1300. The number of carboxylic acid groups (broad SMARTS) is 1. The van der Waals surface area contributed by atoms with Gasteiger partial charge in [-0.15, -0.1) is 0 Å². The molecule has 0 saturated carbocycles. The Morgan fingerprint density at radius 2 is 1.92 bits per heavy atom. The SMILES string of the molecule is COc1ccc(C(=O)O)cc1C1=C(CN2C(=O)O[C@H](c3cc(C)cc(C(F)(F)F)c3)[C@@H]2C)CC(C)(C)CC1. The summed E-state index contributed by atoms with van der Waals surface area (Å²) in [5.41, 5.74) is 2.57. The number of aromatic carboxylic acids is 1. The summed E-state index contributed by atoms with van der Waals surface area (Å²) < 4.78 is 51.5. The zero-order chi connectivity index (χ0) is 28.0. The second-order valence-electron chi connectivity index (χ2n) is 10.9. The first-order chi connectivity index (χ1) is 17.7. The van der Waals surface area contributed by atoms with Crippen molar-refractivity contribution in [2.24, 2.45) is 5.41 Å². The molecule has 0 radical (unpaired) electrons. The minimum absolute atomic E-state index is 0.0547. The van der Waals surface area contributed by atoms with Crippen molar-refractivity contribution >= 4 is 17.6 Å². The van der Waals surface area contributed by atoms with E-state index in [1.54, 1.807) is 36.9 Å². The van der Waals surface area contributed by atoms with Crippen LogP contribution >= 0.6 is 0 Å². The van der Waals surface area contributed by atoms with Crippen LogP contribution in [-0.2, 0) is 10.9 Å². The number of carbonyl (C=O) groups is 2. The van der Waals surface area contributed by atoms with Crippen molar-refractivity contribution in [2.75, 3.05) is 13.7 Å². The number of rotatable bonds is 6. The number of amides is 1. The van der Waals surface area contributed by atoms with Crippen LogP contribution in [0.25, 0.3) is 5.57 Å². The molecule has 1 amide bonds. The highest BCUT2D eigenvalue weighted by molar-refractivity contribution is 5.90. The van der Waals surface area contributed by atoms with Gasteiger partial charge in [0.1, 0.15) is 11.9 Å². The molecule has 6 nitrogen and oxygen atoms in total. The number of hydrogen-bond donors (Lipinski definition) is 1.